The number of hydrogen-bond donors (Lipinski definition) is 0. The number of aromatic nitrogens is 4. The van der Waals surface area contributed by atoms with Gasteiger partial charge in [-0.25, -0.2) is 14.0 Å². The highest BCUT2D eigenvalue weighted by Crippen LogP contribution is 2.35. The predicted octanol–water partition coefficient (Wildman–Crippen LogP) is 3.75. The molecule has 164 valence electrons. The lowest BCUT2D eigenvalue weighted by Crippen LogP contribution is -2.23. The van der Waals surface area contributed by atoms with Crippen molar-refractivity contribution in [1.29, 1.82) is 0 Å². The molecule has 0 aliphatic carbocycles. The second kappa shape index (κ2) is 9.05. The fourth-order valence-electron chi connectivity index (χ4n) is 3.44. The average Bonchev–Trinajstić information content (AvgIpc) is 3.17. The van der Waals surface area contributed by atoms with Crippen molar-refractivity contribution in [3.8, 4) is 28.3 Å². The topological polar surface area (TPSA) is 87.7 Å². The van der Waals surface area contributed by atoms with Crippen LogP contribution in [0.4, 0.5) is 0 Å². The molecule has 0 unspecified atom stereocenters. The first-order chi connectivity index (χ1) is 15.5. The van der Waals surface area contributed by atoms with E-state index in [4.69, 9.17) is 14.6 Å². The highest BCUT2D eigenvalue weighted by molar-refractivity contribution is 5.91. The van der Waals surface area contributed by atoms with Crippen molar-refractivity contribution >= 4 is 11.5 Å². The molecule has 0 aliphatic rings. The van der Waals surface area contributed by atoms with Gasteiger partial charge in [-0.2, -0.15) is 10.2 Å². The minimum absolute atomic E-state index is 0.0899. The Morgan fingerprint density at radius 3 is 2.56 bits per heavy atom. The summed E-state index contributed by atoms with van der Waals surface area (Å²) >= 11 is 0. The van der Waals surface area contributed by atoms with Gasteiger partial charge >= 0.3 is 5.97 Å². The quantitative estimate of drug-likeness (QED) is 0.414. The van der Waals surface area contributed by atoms with E-state index in [2.05, 4.69) is 5.10 Å². The van der Waals surface area contributed by atoms with Gasteiger partial charge in [0.2, 0.25) is 0 Å². The first-order valence-electron chi connectivity index (χ1n) is 10.4. The molecule has 4 aromatic rings. The molecule has 32 heavy (non-hydrogen) atoms. The molecule has 0 bridgehead atoms. The van der Waals surface area contributed by atoms with Gasteiger partial charge in [0.1, 0.15) is 11.4 Å². The number of ether oxygens (including phenoxy) is 2. The van der Waals surface area contributed by atoms with Crippen LogP contribution in [0.15, 0.2) is 65.6 Å². The molecule has 4 rings (SSSR count). The number of nitrogens with zero attached hydrogens (tertiary/aromatic N) is 4. The molecule has 1 aromatic carbocycles. The van der Waals surface area contributed by atoms with Crippen molar-refractivity contribution in [1.82, 2.24) is 19.4 Å². The number of rotatable bonds is 7. The Bertz CT molecular complexity index is 1310. The van der Waals surface area contributed by atoms with E-state index in [9.17, 15) is 9.59 Å². The van der Waals surface area contributed by atoms with Crippen molar-refractivity contribution in [2.24, 2.45) is 0 Å². The maximum absolute atomic E-state index is 12.3. The van der Waals surface area contributed by atoms with E-state index in [0.717, 1.165) is 22.3 Å². The summed E-state index contributed by atoms with van der Waals surface area (Å²) < 4.78 is 13.7. The third-order valence-corrected chi connectivity index (χ3v) is 4.89. The number of benzene rings is 1. The molecule has 3 heterocycles. The smallest absolute Gasteiger partial charge is 0.344 e. The fourth-order valence-corrected chi connectivity index (χ4v) is 3.44. The molecule has 0 fully saturated rings. The molecule has 0 spiro atoms. The van der Waals surface area contributed by atoms with Crippen LogP contribution in [0.5, 0.6) is 5.75 Å². The van der Waals surface area contributed by atoms with Gasteiger partial charge in [0, 0.05) is 23.9 Å². The SMILES string of the molecule is CCOC(=O)COc1ccn2nc(-c3ccccc3)c(-c3ccc(=O)n(C(C)C)n3)c2c1. The van der Waals surface area contributed by atoms with Gasteiger partial charge in [0.15, 0.2) is 6.61 Å². The Kier molecular flexibility index (Phi) is 6.02. The van der Waals surface area contributed by atoms with Crippen LogP contribution in [0.1, 0.15) is 26.8 Å². The minimum atomic E-state index is -0.434. The predicted molar refractivity (Wildman–Crippen MR) is 121 cm³/mol. The lowest BCUT2D eigenvalue weighted by Gasteiger charge is -2.11. The first-order valence-corrected chi connectivity index (χ1v) is 10.4. The van der Waals surface area contributed by atoms with Gasteiger partial charge in [-0.1, -0.05) is 30.3 Å². The standard InChI is InChI=1S/C24H24N4O4/c1-4-31-22(30)15-32-18-12-13-27-20(14-18)23(24(26-27)17-8-6-5-7-9-17)19-10-11-21(29)28(25-19)16(2)3/h5-14,16H,4,15H2,1-3H3. The van der Waals surface area contributed by atoms with Crippen LogP contribution in [-0.4, -0.2) is 38.6 Å². The molecule has 0 saturated carbocycles. The van der Waals surface area contributed by atoms with E-state index in [-0.39, 0.29) is 18.2 Å². The zero-order chi connectivity index (χ0) is 22.7. The monoisotopic (exact) mass is 432 g/mol. The highest BCUT2D eigenvalue weighted by atomic mass is 16.6. The number of hydrogen-bond acceptors (Lipinski definition) is 6. The average molecular weight is 432 g/mol. The Morgan fingerprint density at radius 1 is 1.06 bits per heavy atom. The van der Waals surface area contributed by atoms with Crippen molar-refractivity contribution in [2.45, 2.75) is 26.8 Å². The molecule has 0 aliphatic heterocycles. The number of fused-ring (bicyclic) bond motifs is 1. The van der Waals surface area contributed by atoms with Crippen molar-refractivity contribution < 1.29 is 14.3 Å². The van der Waals surface area contributed by atoms with Gasteiger partial charge in [0.25, 0.3) is 5.56 Å². The van der Waals surface area contributed by atoms with E-state index in [1.165, 1.54) is 10.7 Å². The van der Waals surface area contributed by atoms with E-state index in [0.29, 0.717) is 18.1 Å². The largest absolute Gasteiger partial charge is 0.482 e. The number of esters is 1. The maximum atomic E-state index is 12.3. The highest BCUT2D eigenvalue weighted by Gasteiger charge is 2.19. The van der Waals surface area contributed by atoms with Crippen LogP contribution in [0.3, 0.4) is 0 Å². The van der Waals surface area contributed by atoms with Gasteiger partial charge in [0.05, 0.1) is 29.4 Å². The molecule has 0 saturated heterocycles. The van der Waals surface area contributed by atoms with Crippen LogP contribution in [0, 0.1) is 0 Å². The Hall–Kier alpha value is -3.94. The molecule has 0 amide bonds. The molecule has 3 aromatic heterocycles. The molecule has 0 N–H and O–H groups in total. The van der Waals surface area contributed by atoms with E-state index < -0.39 is 5.97 Å². The zero-order valence-corrected chi connectivity index (χ0v) is 18.2. The van der Waals surface area contributed by atoms with Gasteiger partial charge in [-0.05, 0) is 32.9 Å². The van der Waals surface area contributed by atoms with Crippen molar-refractivity contribution in [3.05, 3.63) is 71.1 Å². The van der Waals surface area contributed by atoms with Crippen LogP contribution in [0.2, 0.25) is 0 Å². The second-order valence-corrected chi connectivity index (χ2v) is 7.47. The van der Waals surface area contributed by atoms with Gasteiger partial charge in [-0.15, -0.1) is 0 Å². The van der Waals surface area contributed by atoms with E-state index in [1.807, 2.05) is 44.2 Å². The summed E-state index contributed by atoms with van der Waals surface area (Å²) in [6.07, 6.45) is 1.77. The van der Waals surface area contributed by atoms with Crippen LogP contribution >= 0.6 is 0 Å². The Labute approximate surface area is 185 Å². The first kappa shape index (κ1) is 21.3. The van der Waals surface area contributed by atoms with Gasteiger partial charge < -0.3 is 9.47 Å². The third kappa shape index (κ3) is 4.25. The Morgan fingerprint density at radius 2 is 1.84 bits per heavy atom. The summed E-state index contributed by atoms with van der Waals surface area (Å²) in [7, 11) is 0. The molecule has 0 atom stereocenters. The fraction of sp³-hybridized carbons (Fsp3) is 0.250. The lowest BCUT2D eigenvalue weighted by molar-refractivity contribution is -0.145. The van der Waals surface area contributed by atoms with Crippen LogP contribution < -0.4 is 10.3 Å². The molecular formula is C24H24N4O4. The second-order valence-electron chi connectivity index (χ2n) is 7.47. The van der Waals surface area contributed by atoms with Gasteiger partial charge in [-0.3, -0.25) is 4.79 Å². The Balaban J connectivity index is 1.87. The molecular weight excluding hydrogens is 408 g/mol. The maximum Gasteiger partial charge on any atom is 0.344 e. The summed E-state index contributed by atoms with van der Waals surface area (Å²) in [5.41, 5.74) is 3.62. The van der Waals surface area contributed by atoms with E-state index in [1.54, 1.807) is 35.8 Å². The number of carbonyl (C=O) groups excluding carboxylic acids is 1. The van der Waals surface area contributed by atoms with Crippen LogP contribution in [-0.2, 0) is 9.53 Å². The third-order valence-electron chi connectivity index (χ3n) is 4.89. The van der Waals surface area contributed by atoms with E-state index >= 15 is 0 Å². The van der Waals surface area contributed by atoms with Crippen LogP contribution in [0.25, 0.3) is 28.0 Å². The lowest BCUT2D eigenvalue weighted by atomic mass is 10.0. The van der Waals surface area contributed by atoms with Crippen molar-refractivity contribution in [2.75, 3.05) is 13.2 Å². The summed E-state index contributed by atoms with van der Waals surface area (Å²) in [6.45, 7) is 5.68. The molecule has 0 radical (unpaired) electrons. The van der Waals surface area contributed by atoms with Crippen molar-refractivity contribution in [3.63, 3.8) is 0 Å². The molecule has 8 nitrogen and oxygen atoms in total. The number of pyridine rings is 1. The number of carbonyl (C=O) groups is 1. The summed E-state index contributed by atoms with van der Waals surface area (Å²) in [6, 6.07) is 16.5. The minimum Gasteiger partial charge on any atom is -0.482 e. The normalized spacial score (nSPS) is 11.1. The summed E-state index contributed by atoms with van der Waals surface area (Å²) in [4.78, 5) is 24.0. The summed E-state index contributed by atoms with van der Waals surface area (Å²) in [5, 5.41) is 9.38. The summed E-state index contributed by atoms with van der Waals surface area (Å²) in [5.74, 6) is 0.0697. The zero-order valence-electron chi connectivity index (χ0n) is 18.2. The molecule has 8 heteroatoms.